The Labute approximate surface area is 249 Å². The van der Waals surface area contributed by atoms with Crippen LogP contribution in [0.3, 0.4) is 0 Å². The van der Waals surface area contributed by atoms with Gasteiger partial charge in [-0.05, 0) is 73.3 Å². The predicted octanol–water partition coefficient (Wildman–Crippen LogP) is 2.13. The van der Waals surface area contributed by atoms with Crippen molar-refractivity contribution in [2.45, 2.75) is 16.7 Å². The molecule has 1 aliphatic heterocycles. The molecule has 0 radical (unpaired) electrons. The number of carboxylic acid groups (broad SMARTS) is 2. The molecule has 18 heteroatoms. The maximum atomic E-state index is 12.8. The Hall–Kier alpha value is -5.61. The quantitative estimate of drug-likeness (QED) is 0.0473. The molecule has 0 spiro atoms. The molecule has 0 fully saturated rings. The lowest BCUT2D eigenvalue weighted by Gasteiger charge is -2.16. The molecule has 0 atom stereocenters. The lowest BCUT2D eigenvalue weighted by molar-refractivity contribution is -0.130. The lowest BCUT2D eigenvalue weighted by Crippen LogP contribution is -2.22. The van der Waals surface area contributed by atoms with E-state index < -0.39 is 65.2 Å². The molecule has 5 N–H and O–H groups in total. The molecule has 1 heterocycles. The Morgan fingerprint density at radius 1 is 0.909 bits per heavy atom. The molecular weight excluding hydrogens is 624 g/mol. The minimum absolute atomic E-state index is 0.0116. The highest BCUT2D eigenvalue weighted by Crippen LogP contribution is 2.25. The van der Waals surface area contributed by atoms with E-state index in [9.17, 15) is 41.4 Å². The molecule has 228 valence electrons. The maximum absolute atomic E-state index is 12.8. The smallest absolute Gasteiger partial charge is 0.357 e. The van der Waals surface area contributed by atoms with E-state index >= 15 is 0 Å². The molecule has 44 heavy (non-hydrogen) atoms. The number of carbonyl (C=O) groups excluding carboxylic acids is 1. The summed E-state index contributed by atoms with van der Waals surface area (Å²) in [4.78, 5) is 34.8. The van der Waals surface area contributed by atoms with Gasteiger partial charge in [0.05, 0.1) is 26.7 Å². The topological polar surface area (TPSA) is 252 Å². The first-order valence-corrected chi connectivity index (χ1v) is 14.6. The van der Waals surface area contributed by atoms with Gasteiger partial charge in [0.15, 0.2) is 5.71 Å². The minimum Gasteiger partial charge on any atom is -0.487 e. The van der Waals surface area contributed by atoms with Crippen molar-refractivity contribution in [3.63, 3.8) is 0 Å². The highest BCUT2D eigenvalue weighted by atomic mass is 32.2. The van der Waals surface area contributed by atoms with Crippen LogP contribution in [0.4, 0.5) is 11.4 Å². The fourth-order valence-corrected chi connectivity index (χ4v) is 4.21. The zero-order valence-corrected chi connectivity index (χ0v) is 23.8. The van der Waals surface area contributed by atoms with Crippen LogP contribution in [0.1, 0.15) is 6.92 Å². The van der Waals surface area contributed by atoms with E-state index in [1.54, 1.807) is 0 Å². The molecule has 0 saturated heterocycles. The molecule has 2 aromatic carbocycles. The van der Waals surface area contributed by atoms with Crippen molar-refractivity contribution in [1.29, 1.82) is 0 Å². The molecular formula is C26H20N4O12S2. The van der Waals surface area contributed by atoms with Gasteiger partial charge in [-0.15, -0.1) is 0 Å². The van der Waals surface area contributed by atoms with Crippen LogP contribution in [0.25, 0.3) is 0 Å². The normalized spacial score (nSPS) is 14.7. The van der Waals surface area contributed by atoms with E-state index in [1.165, 1.54) is 18.2 Å². The summed E-state index contributed by atoms with van der Waals surface area (Å²) in [5.74, 6) is -4.59. The number of carboxylic acids is 2. The monoisotopic (exact) mass is 644 g/mol. The van der Waals surface area contributed by atoms with Crippen molar-refractivity contribution in [2.24, 2.45) is 10.2 Å². The van der Waals surface area contributed by atoms with Gasteiger partial charge in [-0.1, -0.05) is 17.9 Å². The Kier molecular flexibility index (Phi) is 9.82. The zero-order valence-electron chi connectivity index (χ0n) is 22.1. The predicted molar refractivity (Wildman–Crippen MR) is 153 cm³/mol. The second-order valence-corrected chi connectivity index (χ2v) is 11.2. The van der Waals surface area contributed by atoms with E-state index in [0.29, 0.717) is 5.01 Å². The van der Waals surface area contributed by atoms with Gasteiger partial charge in [-0.2, -0.15) is 37.1 Å². The van der Waals surface area contributed by atoms with Gasteiger partial charge in [0.1, 0.15) is 5.71 Å². The number of amides is 1. The number of aliphatic carboxylic acids is 2. The van der Waals surface area contributed by atoms with Crippen LogP contribution in [-0.2, 0) is 34.6 Å². The van der Waals surface area contributed by atoms with E-state index in [4.69, 9.17) is 14.2 Å². The fraction of sp³-hybridized carbons (Fsp3) is 0.0385. The van der Waals surface area contributed by atoms with E-state index in [2.05, 4.69) is 21.7 Å². The number of allylic oxidation sites excluding steroid dienone is 4. The van der Waals surface area contributed by atoms with Crippen molar-refractivity contribution in [3.05, 3.63) is 95.8 Å². The molecule has 0 unspecified atom stereocenters. The van der Waals surface area contributed by atoms with Crippen LogP contribution in [0, 0.1) is 0 Å². The first-order chi connectivity index (χ1) is 20.5. The first-order valence-electron chi connectivity index (χ1n) is 11.7. The summed E-state index contributed by atoms with van der Waals surface area (Å²) in [5.41, 5.74) is 3.29. The average molecular weight is 645 g/mol. The van der Waals surface area contributed by atoms with Gasteiger partial charge in [0.25, 0.3) is 32.0 Å². The van der Waals surface area contributed by atoms with Gasteiger partial charge in [-0.25, -0.2) is 9.59 Å². The van der Waals surface area contributed by atoms with Gasteiger partial charge in [-0.3, -0.25) is 13.9 Å². The SMILES string of the molecule is C/C(=N\N(C(O)=C=C=CC=CC=C1C(=O)N(c2ccc(S(=O)(=O)O)cc2)N=C1C(=O)O)c1ccc(S(=O)(=O)O)cc1)C(=O)O. The third-order valence-electron chi connectivity index (χ3n) is 5.34. The van der Waals surface area contributed by atoms with Crippen LogP contribution in [0.2, 0.25) is 0 Å². The van der Waals surface area contributed by atoms with Crippen LogP contribution >= 0.6 is 0 Å². The average Bonchev–Trinajstić information content (AvgIpc) is 3.28. The Bertz CT molecular complexity index is 1960. The number of rotatable bonds is 10. The number of hydrogen-bond donors (Lipinski definition) is 5. The van der Waals surface area contributed by atoms with E-state index in [0.717, 1.165) is 66.5 Å². The largest absolute Gasteiger partial charge is 0.487 e. The number of carbonyl (C=O) groups is 3. The van der Waals surface area contributed by atoms with Crippen molar-refractivity contribution in [1.82, 2.24) is 0 Å². The molecule has 0 saturated carbocycles. The summed E-state index contributed by atoms with van der Waals surface area (Å²) in [6, 6.07) is 8.51. The third kappa shape index (κ3) is 8.02. The zero-order chi connectivity index (χ0) is 32.8. The summed E-state index contributed by atoms with van der Waals surface area (Å²) in [6.45, 7) is 1.12. The van der Waals surface area contributed by atoms with E-state index in [1.807, 2.05) is 0 Å². The summed E-state index contributed by atoms with van der Waals surface area (Å²) >= 11 is 0. The third-order valence-corrected chi connectivity index (χ3v) is 7.07. The number of benzene rings is 2. The van der Waals surface area contributed by atoms with Crippen LogP contribution in [0.5, 0.6) is 0 Å². The maximum Gasteiger partial charge on any atom is 0.357 e. The Balaban J connectivity index is 1.89. The van der Waals surface area contributed by atoms with Gasteiger partial charge in [0.2, 0.25) is 0 Å². The van der Waals surface area contributed by atoms with Crippen LogP contribution in [0.15, 0.2) is 116 Å². The summed E-state index contributed by atoms with van der Waals surface area (Å²) in [6.07, 6.45) is 4.79. The van der Waals surface area contributed by atoms with Crippen LogP contribution < -0.4 is 10.0 Å². The molecule has 3 rings (SSSR count). The Morgan fingerprint density at radius 2 is 1.45 bits per heavy atom. The summed E-state index contributed by atoms with van der Waals surface area (Å²) in [5, 5.41) is 38.0. The highest BCUT2D eigenvalue weighted by Gasteiger charge is 2.34. The number of aliphatic hydroxyl groups excluding tert-OH is 1. The van der Waals surface area contributed by atoms with Gasteiger partial charge < -0.3 is 15.3 Å². The molecule has 2 aromatic rings. The minimum atomic E-state index is -4.52. The first kappa shape index (κ1) is 32.9. The second kappa shape index (κ2) is 13.1. The van der Waals surface area contributed by atoms with Crippen molar-refractivity contribution >= 4 is 60.9 Å². The second-order valence-electron chi connectivity index (χ2n) is 8.34. The molecule has 16 nitrogen and oxygen atoms in total. The van der Waals surface area contributed by atoms with Gasteiger partial charge >= 0.3 is 11.9 Å². The molecule has 0 bridgehead atoms. The fourth-order valence-electron chi connectivity index (χ4n) is 3.25. The van der Waals surface area contributed by atoms with Crippen molar-refractivity contribution in [3.8, 4) is 0 Å². The summed E-state index contributed by atoms with van der Waals surface area (Å²) < 4.78 is 63.3. The highest BCUT2D eigenvalue weighted by molar-refractivity contribution is 7.86. The molecule has 0 aliphatic carbocycles. The molecule has 1 aliphatic rings. The number of anilines is 2. The van der Waals surface area contributed by atoms with E-state index in [-0.39, 0.29) is 16.9 Å². The molecule has 1 amide bonds. The molecule has 0 aromatic heterocycles. The standard InChI is InChI=1S/C26H20N4O12S2/c1-16(25(33)34)27-29(17-8-12-19(13-9-17)43(37,38)39)22(31)7-5-3-2-4-6-21-23(26(35)36)28-30(24(21)32)18-10-14-20(15-11-18)44(40,41)42/h2-4,6,8-15,31H,1H3,(H,33,34)(H,35,36)(H,37,38,39)(H,40,41,42)/b4-2?,21-6?,22-3?,27-16+. The van der Waals surface area contributed by atoms with Crippen LogP contribution in [-0.4, -0.2) is 70.5 Å². The Morgan fingerprint density at radius 3 is 1.95 bits per heavy atom. The lowest BCUT2D eigenvalue weighted by atomic mass is 10.1. The summed E-state index contributed by atoms with van der Waals surface area (Å²) in [7, 11) is -9.02. The number of hydrogen-bond acceptors (Lipinski definition) is 11. The number of nitrogens with zero attached hydrogens (tertiary/aromatic N) is 4. The number of hydrazone groups is 2. The van der Waals surface area contributed by atoms with Gasteiger partial charge in [0, 0.05) is 0 Å². The van der Waals surface area contributed by atoms with Crippen molar-refractivity contribution < 1.29 is 55.6 Å². The van der Waals surface area contributed by atoms with Crippen molar-refractivity contribution in [2.75, 3.05) is 10.0 Å². The number of aliphatic hydroxyl groups is 1.